The molecule has 0 N–H and O–H groups in total. The Bertz CT molecular complexity index is 640. The van der Waals surface area contributed by atoms with Crippen molar-refractivity contribution in [1.82, 2.24) is 9.55 Å². The first-order chi connectivity index (χ1) is 10.1. The van der Waals surface area contributed by atoms with Gasteiger partial charge in [-0.05, 0) is 44.1 Å². The molecule has 5 heteroatoms. The van der Waals surface area contributed by atoms with Crippen LogP contribution >= 0.6 is 23.4 Å². The second kappa shape index (κ2) is 6.17. The van der Waals surface area contributed by atoms with Gasteiger partial charge < -0.3 is 4.57 Å². The van der Waals surface area contributed by atoms with Gasteiger partial charge in [0.15, 0.2) is 5.82 Å². The van der Waals surface area contributed by atoms with Crippen LogP contribution in [-0.2, 0) is 0 Å². The SMILES string of the molecule is CCSC1CCC(n2c(C(C)Cl)nc3c(F)cccc32)C1. The number of fused-ring (bicyclic) bond motifs is 1. The van der Waals surface area contributed by atoms with E-state index in [0.29, 0.717) is 16.8 Å². The Kier molecular flexibility index (Phi) is 4.46. The molecule has 1 saturated carbocycles. The predicted molar refractivity (Wildman–Crippen MR) is 88.8 cm³/mol. The van der Waals surface area contributed by atoms with E-state index in [-0.39, 0.29) is 11.2 Å². The van der Waals surface area contributed by atoms with Crippen LogP contribution in [0.1, 0.15) is 50.4 Å². The molecule has 3 unspecified atom stereocenters. The molecule has 3 rings (SSSR count). The van der Waals surface area contributed by atoms with E-state index in [9.17, 15) is 4.39 Å². The summed E-state index contributed by atoms with van der Waals surface area (Å²) in [7, 11) is 0. The van der Waals surface area contributed by atoms with E-state index in [1.54, 1.807) is 6.07 Å². The van der Waals surface area contributed by atoms with Gasteiger partial charge in [0.25, 0.3) is 0 Å². The van der Waals surface area contributed by atoms with Crippen molar-refractivity contribution in [2.24, 2.45) is 0 Å². The summed E-state index contributed by atoms with van der Waals surface area (Å²) in [6.45, 7) is 4.11. The lowest BCUT2D eigenvalue weighted by Crippen LogP contribution is -2.11. The predicted octanol–water partition coefficient (Wildman–Crippen LogP) is 5.32. The number of thioether (sulfide) groups is 1. The Morgan fingerprint density at radius 2 is 2.29 bits per heavy atom. The molecule has 1 fully saturated rings. The molecule has 21 heavy (non-hydrogen) atoms. The molecule has 0 amide bonds. The summed E-state index contributed by atoms with van der Waals surface area (Å²) >= 11 is 8.32. The van der Waals surface area contributed by atoms with Crippen LogP contribution in [0.3, 0.4) is 0 Å². The number of rotatable bonds is 4. The molecule has 0 bridgehead atoms. The minimum absolute atomic E-state index is 0.213. The number of para-hydroxylation sites is 1. The van der Waals surface area contributed by atoms with Crippen LogP contribution in [0, 0.1) is 5.82 Å². The van der Waals surface area contributed by atoms with Gasteiger partial charge in [0.05, 0.1) is 10.9 Å². The Labute approximate surface area is 134 Å². The number of hydrogen-bond acceptors (Lipinski definition) is 2. The van der Waals surface area contributed by atoms with Crippen LogP contribution in [0.15, 0.2) is 18.2 Å². The maximum atomic E-state index is 14.0. The summed E-state index contributed by atoms with van der Waals surface area (Å²) in [5.41, 5.74) is 1.33. The highest BCUT2D eigenvalue weighted by Gasteiger charge is 2.30. The summed E-state index contributed by atoms with van der Waals surface area (Å²) in [5, 5.41) is 0.485. The number of imidazole rings is 1. The number of nitrogens with zero attached hydrogens (tertiary/aromatic N) is 2. The highest BCUT2D eigenvalue weighted by Crippen LogP contribution is 2.40. The lowest BCUT2D eigenvalue weighted by Gasteiger charge is -2.18. The van der Waals surface area contributed by atoms with Gasteiger partial charge in [0.1, 0.15) is 11.3 Å². The molecule has 1 aromatic heterocycles. The minimum atomic E-state index is -0.262. The molecular weight excluding hydrogens is 307 g/mol. The van der Waals surface area contributed by atoms with Crippen molar-refractivity contribution in [1.29, 1.82) is 0 Å². The Morgan fingerprint density at radius 3 is 3.00 bits per heavy atom. The van der Waals surface area contributed by atoms with Gasteiger partial charge in [-0.25, -0.2) is 9.37 Å². The maximum Gasteiger partial charge on any atom is 0.151 e. The van der Waals surface area contributed by atoms with E-state index in [0.717, 1.165) is 29.9 Å². The fraction of sp³-hybridized carbons (Fsp3) is 0.562. The molecule has 3 atom stereocenters. The maximum absolute atomic E-state index is 14.0. The molecule has 2 aromatic rings. The molecule has 1 aliphatic carbocycles. The van der Waals surface area contributed by atoms with E-state index < -0.39 is 0 Å². The van der Waals surface area contributed by atoms with Crippen molar-refractivity contribution < 1.29 is 4.39 Å². The zero-order chi connectivity index (χ0) is 15.0. The quantitative estimate of drug-likeness (QED) is 0.707. The largest absolute Gasteiger partial charge is 0.323 e. The van der Waals surface area contributed by atoms with Crippen LogP contribution in [0.5, 0.6) is 0 Å². The van der Waals surface area contributed by atoms with E-state index >= 15 is 0 Å². The fourth-order valence-corrected chi connectivity index (χ4v) is 4.59. The van der Waals surface area contributed by atoms with E-state index in [1.165, 1.54) is 12.5 Å². The fourth-order valence-electron chi connectivity index (χ4n) is 3.30. The summed E-state index contributed by atoms with van der Waals surface area (Å²) in [6.07, 6.45) is 3.46. The third-order valence-electron chi connectivity index (χ3n) is 4.18. The number of benzene rings is 1. The summed E-state index contributed by atoms with van der Waals surface area (Å²) in [6, 6.07) is 5.56. The first kappa shape index (κ1) is 15.2. The molecule has 0 aliphatic heterocycles. The monoisotopic (exact) mass is 326 g/mol. The molecule has 0 radical (unpaired) electrons. The number of alkyl halides is 1. The van der Waals surface area contributed by atoms with E-state index in [2.05, 4.69) is 16.5 Å². The average molecular weight is 327 g/mol. The topological polar surface area (TPSA) is 17.8 Å². The Balaban J connectivity index is 2.04. The summed E-state index contributed by atoms with van der Waals surface area (Å²) in [5.74, 6) is 1.68. The summed E-state index contributed by atoms with van der Waals surface area (Å²) in [4.78, 5) is 4.48. The number of halogens is 2. The zero-order valence-electron chi connectivity index (χ0n) is 12.4. The Hall–Kier alpha value is -0.740. The van der Waals surface area contributed by atoms with Gasteiger partial charge in [-0.2, -0.15) is 11.8 Å². The molecule has 0 spiro atoms. The molecule has 1 aliphatic rings. The normalized spacial score (nSPS) is 23.8. The van der Waals surface area contributed by atoms with Crippen molar-refractivity contribution in [3.8, 4) is 0 Å². The standard InChI is InChI=1S/C16H20ClFN2S/c1-3-21-12-8-7-11(9-12)20-14-6-4-5-13(18)15(14)19-16(20)10(2)17/h4-6,10-12H,3,7-9H2,1-2H3. The molecule has 114 valence electrons. The van der Waals surface area contributed by atoms with Gasteiger partial charge in [-0.1, -0.05) is 13.0 Å². The number of hydrogen-bond donors (Lipinski definition) is 0. The highest BCUT2D eigenvalue weighted by atomic mass is 35.5. The minimum Gasteiger partial charge on any atom is -0.323 e. The second-order valence-electron chi connectivity index (χ2n) is 5.61. The van der Waals surface area contributed by atoms with Crippen molar-refractivity contribution in [2.75, 3.05) is 5.75 Å². The van der Waals surface area contributed by atoms with Gasteiger partial charge in [0.2, 0.25) is 0 Å². The molecule has 1 aromatic carbocycles. The van der Waals surface area contributed by atoms with Crippen molar-refractivity contribution in [2.45, 2.75) is 49.8 Å². The Morgan fingerprint density at radius 1 is 1.48 bits per heavy atom. The van der Waals surface area contributed by atoms with Gasteiger partial charge in [-0.15, -0.1) is 11.6 Å². The van der Waals surface area contributed by atoms with Gasteiger partial charge in [0, 0.05) is 11.3 Å². The average Bonchev–Trinajstić information content (AvgIpc) is 3.03. The third-order valence-corrected chi connectivity index (χ3v) is 5.61. The zero-order valence-corrected chi connectivity index (χ0v) is 13.9. The molecule has 0 saturated heterocycles. The first-order valence-corrected chi connectivity index (χ1v) is 9.02. The molecule has 1 heterocycles. The molecular formula is C16H20ClFN2S. The lowest BCUT2D eigenvalue weighted by atomic mass is 10.2. The van der Waals surface area contributed by atoms with Crippen LogP contribution in [-0.4, -0.2) is 20.6 Å². The smallest absolute Gasteiger partial charge is 0.151 e. The van der Waals surface area contributed by atoms with Crippen LogP contribution < -0.4 is 0 Å². The van der Waals surface area contributed by atoms with Gasteiger partial charge in [-0.3, -0.25) is 0 Å². The molecule has 2 nitrogen and oxygen atoms in total. The van der Waals surface area contributed by atoms with Crippen LogP contribution in [0.2, 0.25) is 0 Å². The van der Waals surface area contributed by atoms with Crippen molar-refractivity contribution in [3.63, 3.8) is 0 Å². The van der Waals surface area contributed by atoms with Crippen LogP contribution in [0.4, 0.5) is 4.39 Å². The van der Waals surface area contributed by atoms with Crippen molar-refractivity contribution in [3.05, 3.63) is 29.8 Å². The second-order valence-corrected chi connectivity index (χ2v) is 7.84. The van der Waals surface area contributed by atoms with E-state index in [4.69, 9.17) is 11.6 Å². The first-order valence-electron chi connectivity index (χ1n) is 7.53. The van der Waals surface area contributed by atoms with Crippen molar-refractivity contribution >= 4 is 34.4 Å². The van der Waals surface area contributed by atoms with Crippen LogP contribution in [0.25, 0.3) is 11.0 Å². The summed E-state index contributed by atoms with van der Waals surface area (Å²) < 4.78 is 16.2. The van der Waals surface area contributed by atoms with E-state index in [1.807, 2.05) is 24.8 Å². The lowest BCUT2D eigenvalue weighted by molar-refractivity contribution is 0.511. The van der Waals surface area contributed by atoms with Gasteiger partial charge >= 0.3 is 0 Å². The number of aromatic nitrogens is 2. The highest BCUT2D eigenvalue weighted by molar-refractivity contribution is 7.99. The third kappa shape index (κ3) is 2.80.